The lowest BCUT2D eigenvalue weighted by molar-refractivity contribution is -0.126. The standard InChI is InChI=1S/C25H25N3O3S/c29-23(26-17-18-7-2-1-3-8-18)19-12-14-28(15-13-19)25(31)20-9-4-5-10-21(20)27-24(30)22-11-6-16-32-22/h1-11,16,19H,12-15,17H2,(H,26,29)(H,27,30). The maximum atomic E-state index is 13.2. The van der Waals surface area contributed by atoms with Crippen LogP contribution in [0.4, 0.5) is 5.69 Å². The fraction of sp³-hybridized carbons (Fsp3) is 0.240. The van der Waals surface area contributed by atoms with Gasteiger partial charge in [-0.3, -0.25) is 14.4 Å². The van der Waals surface area contributed by atoms with Gasteiger partial charge in [0.05, 0.1) is 16.1 Å². The average Bonchev–Trinajstić information content (AvgIpc) is 3.39. The van der Waals surface area contributed by atoms with Gasteiger partial charge in [0.15, 0.2) is 0 Å². The highest BCUT2D eigenvalue weighted by Gasteiger charge is 2.28. The predicted octanol–water partition coefficient (Wildman–Crippen LogP) is 4.17. The highest BCUT2D eigenvalue weighted by molar-refractivity contribution is 7.12. The van der Waals surface area contributed by atoms with Crippen molar-refractivity contribution in [3.05, 3.63) is 88.1 Å². The molecule has 0 spiro atoms. The van der Waals surface area contributed by atoms with Crippen LogP contribution in [0.25, 0.3) is 0 Å². The Bertz CT molecular complexity index is 1070. The average molecular weight is 448 g/mol. The number of amides is 3. The predicted molar refractivity (Wildman–Crippen MR) is 126 cm³/mol. The van der Waals surface area contributed by atoms with Crippen LogP contribution in [0.2, 0.25) is 0 Å². The molecule has 2 aromatic carbocycles. The van der Waals surface area contributed by atoms with Crippen molar-refractivity contribution in [1.82, 2.24) is 10.2 Å². The molecule has 0 saturated carbocycles. The van der Waals surface area contributed by atoms with Gasteiger partial charge in [0.25, 0.3) is 11.8 Å². The summed E-state index contributed by atoms with van der Waals surface area (Å²) in [6.45, 7) is 1.53. The molecule has 1 saturated heterocycles. The van der Waals surface area contributed by atoms with Gasteiger partial charge in [-0.15, -0.1) is 11.3 Å². The van der Waals surface area contributed by atoms with E-state index < -0.39 is 0 Å². The first-order valence-corrected chi connectivity index (χ1v) is 11.5. The monoisotopic (exact) mass is 447 g/mol. The Labute approximate surface area is 191 Å². The number of nitrogens with one attached hydrogen (secondary N) is 2. The Balaban J connectivity index is 1.33. The molecule has 32 heavy (non-hydrogen) atoms. The Kier molecular flexibility index (Phi) is 6.97. The first kappa shape index (κ1) is 21.8. The number of para-hydroxylation sites is 1. The number of anilines is 1. The lowest BCUT2D eigenvalue weighted by Crippen LogP contribution is -2.43. The van der Waals surface area contributed by atoms with Crippen LogP contribution in [0.5, 0.6) is 0 Å². The van der Waals surface area contributed by atoms with E-state index in [2.05, 4.69) is 10.6 Å². The van der Waals surface area contributed by atoms with Crippen LogP contribution in [0.15, 0.2) is 72.1 Å². The fourth-order valence-electron chi connectivity index (χ4n) is 3.81. The van der Waals surface area contributed by atoms with Gasteiger partial charge in [-0.05, 0) is 42.0 Å². The number of hydrogen-bond donors (Lipinski definition) is 2. The first-order valence-electron chi connectivity index (χ1n) is 10.7. The van der Waals surface area contributed by atoms with Gasteiger partial charge in [0, 0.05) is 25.6 Å². The Morgan fingerprint density at radius 1 is 0.906 bits per heavy atom. The van der Waals surface area contributed by atoms with Crippen LogP contribution in [0.1, 0.15) is 38.4 Å². The molecular formula is C25H25N3O3S. The van der Waals surface area contributed by atoms with E-state index in [-0.39, 0.29) is 23.6 Å². The summed E-state index contributed by atoms with van der Waals surface area (Å²) in [5.74, 6) is -0.426. The number of nitrogens with zero attached hydrogens (tertiary/aromatic N) is 1. The number of piperidine rings is 1. The molecule has 1 aromatic heterocycles. The van der Waals surface area contributed by atoms with Crippen molar-refractivity contribution in [2.45, 2.75) is 19.4 Å². The van der Waals surface area contributed by atoms with Crippen molar-refractivity contribution in [3.63, 3.8) is 0 Å². The van der Waals surface area contributed by atoms with Crippen LogP contribution in [0, 0.1) is 5.92 Å². The zero-order valence-electron chi connectivity index (χ0n) is 17.6. The summed E-state index contributed by atoms with van der Waals surface area (Å²) < 4.78 is 0. The Morgan fingerprint density at radius 2 is 1.62 bits per heavy atom. The molecule has 0 radical (unpaired) electrons. The van der Waals surface area contributed by atoms with Crippen LogP contribution in [-0.2, 0) is 11.3 Å². The highest BCUT2D eigenvalue weighted by atomic mass is 32.1. The molecule has 1 aliphatic heterocycles. The molecule has 7 heteroatoms. The van der Waals surface area contributed by atoms with E-state index in [1.54, 1.807) is 35.2 Å². The summed E-state index contributed by atoms with van der Waals surface area (Å²) in [4.78, 5) is 40.5. The van der Waals surface area contributed by atoms with E-state index in [1.165, 1.54) is 11.3 Å². The number of carbonyl (C=O) groups excluding carboxylic acids is 3. The lowest BCUT2D eigenvalue weighted by atomic mass is 9.95. The van der Waals surface area contributed by atoms with Crippen molar-refractivity contribution in [2.75, 3.05) is 18.4 Å². The summed E-state index contributed by atoms with van der Waals surface area (Å²) in [6, 6.07) is 20.4. The van der Waals surface area contributed by atoms with Crippen LogP contribution < -0.4 is 10.6 Å². The van der Waals surface area contributed by atoms with E-state index in [0.717, 1.165) is 5.56 Å². The smallest absolute Gasteiger partial charge is 0.265 e. The van der Waals surface area contributed by atoms with Crippen molar-refractivity contribution in [3.8, 4) is 0 Å². The minimum atomic E-state index is -0.228. The molecule has 6 nitrogen and oxygen atoms in total. The lowest BCUT2D eigenvalue weighted by Gasteiger charge is -2.32. The molecule has 3 amide bonds. The molecule has 164 valence electrons. The van der Waals surface area contributed by atoms with E-state index >= 15 is 0 Å². The van der Waals surface area contributed by atoms with E-state index in [0.29, 0.717) is 48.6 Å². The second kappa shape index (κ2) is 10.2. The third kappa shape index (κ3) is 5.23. The van der Waals surface area contributed by atoms with Gasteiger partial charge >= 0.3 is 0 Å². The van der Waals surface area contributed by atoms with Gasteiger partial charge in [-0.25, -0.2) is 0 Å². The number of likely N-dealkylation sites (tertiary alicyclic amines) is 1. The Morgan fingerprint density at radius 3 is 2.34 bits per heavy atom. The van der Waals surface area contributed by atoms with E-state index in [1.807, 2.05) is 41.8 Å². The maximum absolute atomic E-state index is 13.2. The minimum absolute atomic E-state index is 0.0320. The fourth-order valence-corrected chi connectivity index (χ4v) is 4.43. The Hall–Kier alpha value is -3.45. The number of thiophene rings is 1. The molecule has 1 aliphatic rings. The molecular weight excluding hydrogens is 422 g/mol. The van der Waals surface area contributed by atoms with Crippen molar-refractivity contribution >= 4 is 34.7 Å². The van der Waals surface area contributed by atoms with Gasteiger partial charge in [0.1, 0.15) is 0 Å². The van der Waals surface area contributed by atoms with Crippen molar-refractivity contribution in [2.24, 2.45) is 5.92 Å². The third-order valence-corrected chi connectivity index (χ3v) is 6.48. The van der Waals surface area contributed by atoms with Crippen LogP contribution in [0.3, 0.4) is 0 Å². The second-order valence-corrected chi connectivity index (χ2v) is 8.69. The SMILES string of the molecule is O=C(Nc1ccccc1C(=O)N1CCC(C(=O)NCc2ccccc2)CC1)c1cccs1. The molecule has 0 unspecified atom stereocenters. The third-order valence-electron chi connectivity index (χ3n) is 5.61. The maximum Gasteiger partial charge on any atom is 0.265 e. The number of carbonyl (C=O) groups is 3. The van der Waals surface area contributed by atoms with Gasteiger partial charge in [-0.2, -0.15) is 0 Å². The van der Waals surface area contributed by atoms with Gasteiger partial charge in [0.2, 0.25) is 5.91 Å². The molecule has 2 heterocycles. The minimum Gasteiger partial charge on any atom is -0.352 e. The highest BCUT2D eigenvalue weighted by Crippen LogP contribution is 2.23. The summed E-state index contributed by atoms with van der Waals surface area (Å²) in [6.07, 6.45) is 1.24. The quantitative estimate of drug-likeness (QED) is 0.595. The van der Waals surface area contributed by atoms with Crippen molar-refractivity contribution < 1.29 is 14.4 Å². The first-order chi connectivity index (χ1) is 15.6. The molecule has 0 bridgehead atoms. The molecule has 2 N–H and O–H groups in total. The molecule has 1 fully saturated rings. The number of benzene rings is 2. The van der Waals surface area contributed by atoms with Crippen LogP contribution in [-0.4, -0.2) is 35.7 Å². The topological polar surface area (TPSA) is 78.5 Å². The zero-order valence-corrected chi connectivity index (χ0v) is 18.4. The second-order valence-electron chi connectivity index (χ2n) is 7.75. The normalized spacial score (nSPS) is 14.1. The summed E-state index contributed by atoms with van der Waals surface area (Å²) in [5, 5.41) is 7.69. The number of rotatable bonds is 6. The number of hydrogen-bond acceptors (Lipinski definition) is 4. The van der Waals surface area contributed by atoms with E-state index in [4.69, 9.17) is 0 Å². The van der Waals surface area contributed by atoms with Crippen LogP contribution >= 0.6 is 11.3 Å². The van der Waals surface area contributed by atoms with Gasteiger partial charge < -0.3 is 15.5 Å². The van der Waals surface area contributed by atoms with E-state index in [9.17, 15) is 14.4 Å². The molecule has 0 aliphatic carbocycles. The molecule has 0 atom stereocenters. The van der Waals surface area contributed by atoms with Crippen molar-refractivity contribution in [1.29, 1.82) is 0 Å². The molecule has 4 rings (SSSR count). The summed E-state index contributed by atoms with van der Waals surface area (Å²) in [7, 11) is 0. The molecule has 3 aromatic rings. The summed E-state index contributed by atoms with van der Waals surface area (Å²) >= 11 is 1.35. The zero-order chi connectivity index (χ0) is 22.3. The van der Waals surface area contributed by atoms with Gasteiger partial charge in [-0.1, -0.05) is 48.5 Å². The largest absolute Gasteiger partial charge is 0.352 e. The summed E-state index contributed by atoms with van der Waals surface area (Å²) in [5.41, 5.74) is 2.03.